The zero-order valence-corrected chi connectivity index (χ0v) is 14.6. The van der Waals surface area contributed by atoms with Crippen molar-refractivity contribution < 1.29 is 73.5 Å². The maximum absolute atomic E-state index is 13.3. The summed E-state index contributed by atoms with van der Waals surface area (Å²) in [6, 6.07) is 2.26. The van der Waals surface area contributed by atoms with Gasteiger partial charge in [-0.25, -0.2) is 4.39 Å². The first-order chi connectivity index (χ1) is 8.34. The molecule has 0 fully saturated rings. The normalized spacial score (nSPS) is 12.7. The van der Waals surface area contributed by atoms with Crippen molar-refractivity contribution in [3.8, 4) is 5.75 Å². The molecule has 0 spiro atoms. The van der Waals surface area contributed by atoms with Crippen molar-refractivity contribution in [3.05, 3.63) is 24.0 Å². The van der Waals surface area contributed by atoms with Crippen LogP contribution in [-0.4, -0.2) is 13.6 Å². The second kappa shape index (κ2) is 8.67. The smallest absolute Gasteiger partial charge is 0.490 e. The molecule has 1 aromatic rings. The largest absolute Gasteiger partial charge is 1.00 e. The Kier molecular flexibility index (Phi) is 8.87. The van der Waals surface area contributed by atoms with Gasteiger partial charge in [-0.3, -0.25) is 0 Å². The van der Waals surface area contributed by atoms with Crippen molar-refractivity contribution in [1.82, 2.24) is 0 Å². The molecule has 0 aliphatic heterocycles. The summed E-state index contributed by atoms with van der Waals surface area (Å²) in [5.74, 6) is -0.897. The van der Waals surface area contributed by atoms with Crippen LogP contribution in [0, 0.1) is 11.7 Å². The van der Waals surface area contributed by atoms with E-state index in [2.05, 4.69) is 0 Å². The van der Waals surface area contributed by atoms with Crippen LogP contribution < -0.4 is 61.6 Å². The predicted octanol–water partition coefficient (Wildman–Crippen LogP) is 0.699. The van der Waals surface area contributed by atoms with Gasteiger partial charge in [0, 0.05) is 0 Å². The van der Waals surface area contributed by atoms with E-state index in [0.29, 0.717) is 0 Å². The Bertz CT molecular complexity index is 398. The van der Waals surface area contributed by atoms with E-state index in [-0.39, 0.29) is 69.7 Å². The minimum atomic E-state index is -5.12. The van der Waals surface area contributed by atoms with Crippen LogP contribution in [0.5, 0.6) is 5.75 Å². The number of halogens is 4. The average Bonchev–Trinajstić information content (AvgIpc) is 2.26. The van der Waals surface area contributed by atoms with Gasteiger partial charge in [0.15, 0.2) is 11.6 Å². The number of hydrogen-bond acceptors (Lipinski definition) is 1. The summed E-state index contributed by atoms with van der Waals surface area (Å²) in [6.45, 7) is -0.984. The van der Waals surface area contributed by atoms with E-state index in [1.165, 1.54) is 0 Å². The van der Waals surface area contributed by atoms with Crippen LogP contribution in [0.4, 0.5) is 17.3 Å². The summed E-state index contributed by atoms with van der Waals surface area (Å²) >= 11 is 0. The van der Waals surface area contributed by atoms with E-state index < -0.39 is 18.3 Å². The van der Waals surface area contributed by atoms with Crippen LogP contribution in [0.25, 0.3) is 0 Å². The Morgan fingerprint density at radius 1 is 1.26 bits per heavy atom. The fourth-order valence-electron chi connectivity index (χ4n) is 1.64. The third kappa shape index (κ3) is 6.62. The van der Waals surface area contributed by atoms with Gasteiger partial charge in [-0.1, -0.05) is 26.3 Å². The van der Waals surface area contributed by atoms with E-state index in [4.69, 9.17) is 4.74 Å². The molecule has 1 aromatic carbocycles. The standard InChI is InChI=1S/C12H16BF4O.K/c1-3-4-9(2)8-18-12-7-10(13(15,16)17)5-6-11(12)14;/h5-7,9H,3-4,8H2,1-2H3;/q-1;+1. The van der Waals surface area contributed by atoms with Crippen LogP contribution in [0.15, 0.2) is 18.2 Å². The molecule has 0 heterocycles. The molecule has 0 N–H and O–H groups in total. The molecule has 1 atom stereocenters. The van der Waals surface area contributed by atoms with Gasteiger partial charge >= 0.3 is 58.4 Å². The predicted molar refractivity (Wildman–Crippen MR) is 64.7 cm³/mol. The van der Waals surface area contributed by atoms with Gasteiger partial charge in [-0.2, -0.15) is 0 Å². The Balaban J connectivity index is 0.00000324. The second-order valence-electron chi connectivity index (χ2n) is 4.47. The molecule has 0 saturated heterocycles. The quantitative estimate of drug-likeness (QED) is 0.555. The van der Waals surface area contributed by atoms with Crippen LogP contribution in [0.3, 0.4) is 0 Å². The molecule has 1 nitrogen and oxygen atoms in total. The molecule has 0 aliphatic rings. The molecule has 0 aromatic heterocycles. The SMILES string of the molecule is CCCC(C)COc1cc([B-](F)(F)F)ccc1F.[K+]. The van der Waals surface area contributed by atoms with Gasteiger partial charge in [0.25, 0.3) is 0 Å². The summed E-state index contributed by atoms with van der Waals surface area (Å²) in [5.41, 5.74) is -0.838. The summed E-state index contributed by atoms with van der Waals surface area (Å²) < 4.78 is 55.9. The fourth-order valence-corrected chi connectivity index (χ4v) is 1.64. The summed E-state index contributed by atoms with van der Waals surface area (Å²) in [5, 5.41) is 0. The van der Waals surface area contributed by atoms with Crippen molar-refractivity contribution in [1.29, 1.82) is 0 Å². The number of hydrogen-bond donors (Lipinski definition) is 0. The molecular formula is C12H16BF4KO. The fraction of sp³-hybridized carbons (Fsp3) is 0.500. The van der Waals surface area contributed by atoms with E-state index in [9.17, 15) is 17.3 Å². The molecule has 1 unspecified atom stereocenters. The Labute approximate surface area is 153 Å². The van der Waals surface area contributed by atoms with Crippen LogP contribution >= 0.6 is 0 Å². The molecule has 7 heteroatoms. The summed E-state index contributed by atoms with van der Waals surface area (Å²) in [7, 11) is 0. The van der Waals surface area contributed by atoms with Crippen LogP contribution in [-0.2, 0) is 0 Å². The monoisotopic (exact) mass is 302 g/mol. The first kappa shape index (κ1) is 19.4. The molecular weight excluding hydrogens is 286 g/mol. The van der Waals surface area contributed by atoms with Gasteiger partial charge in [-0.15, -0.1) is 5.46 Å². The van der Waals surface area contributed by atoms with Gasteiger partial charge < -0.3 is 17.7 Å². The van der Waals surface area contributed by atoms with Gasteiger partial charge in [0.2, 0.25) is 0 Å². The van der Waals surface area contributed by atoms with E-state index in [0.717, 1.165) is 31.0 Å². The molecule has 0 bridgehead atoms. The molecule has 19 heavy (non-hydrogen) atoms. The Morgan fingerprint density at radius 3 is 2.42 bits per heavy atom. The summed E-state index contributed by atoms with van der Waals surface area (Å²) in [6.07, 6.45) is 1.85. The molecule has 0 saturated carbocycles. The van der Waals surface area contributed by atoms with Crippen molar-refractivity contribution in [2.24, 2.45) is 5.92 Å². The maximum Gasteiger partial charge on any atom is 1.00 e. The third-order valence-electron chi connectivity index (χ3n) is 2.64. The number of rotatable bonds is 6. The molecule has 0 amide bonds. The minimum Gasteiger partial charge on any atom is -0.490 e. The van der Waals surface area contributed by atoms with Crippen molar-refractivity contribution in [2.45, 2.75) is 26.7 Å². The number of ether oxygens (including phenoxy) is 1. The van der Waals surface area contributed by atoms with Crippen molar-refractivity contribution in [2.75, 3.05) is 6.61 Å². The first-order valence-electron chi connectivity index (χ1n) is 5.96. The zero-order valence-electron chi connectivity index (χ0n) is 11.4. The zero-order chi connectivity index (χ0) is 13.8. The van der Waals surface area contributed by atoms with E-state index in [1.54, 1.807) is 0 Å². The van der Waals surface area contributed by atoms with Crippen molar-refractivity contribution >= 4 is 12.4 Å². The van der Waals surface area contributed by atoms with Crippen molar-refractivity contribution in [3.63, 3.8) is 0 Å². The van der Waals surface area contributed by atoms with Gasteiger partial charge in [0.05, 0.1) is 6.61 Å². The first-order valence-corrected chi connectivity index (χ1v) is 5.96. The number of benzene rings is 1. The van der Waals surface area contributed by atoms with E-state index in [1.807, 2.05) is 13.8 Å². The summed E-state index contributed by atoms with van der Waals surface area (Å²) in [4.78, 5) is 0. The van der Waals surface area contributed by atoms with Gasteiger partial charge in [0.1, 0.15) is 0 Å². The minimum absolute atomic E-state index is 0. The molecule has 0 radical (unpaired) electrons. The molecule has 1 rings (SSSR count). The van der Waals surface area contributed by atoms with E-state index >= 15 is 0 Å². The topological polar surface area (TPSA) is 9.23 Å². The average molecular weight is 302 g/mol. The van der Waals surface area contributed by atoms with Crippen LogP contribution in [0.2, 0.25) is 0 Å². The second-order valence-corrected chi connectivity index (χ2v) is 4.47. The Morgan fingerprint density at radius 2 is 1.89 bits per heavy atom. The van der Waals surface area contributed by atoms with Crippen LogP contribution in [0.1, 0.15) is 26.7 Å². The van der Waals surface area contributed by atoms with Gasteiger partial charge in [-0.05, 0) is 24.5 Å². The Hall–Kier alpha value is 0.441. The molecule has 102 valence electrons. The maximum atomic E-state index is 13.3. The molecule has 0 aliphatic carbocycles. The third-order valence-corrected chi connectivity index (χ3v) is 2.64.